The second-order valence-electron chi connectivity index (χ2n) is 8.32. The molecule has 0 aliphatic heterocycles. The summed E-state index contributed by atoms with van der Waals surface area (Å²) in [7, 11) is 0. The molecule has 0 heterocycles. The number of rotatable bonds is 6. The first-order chi connectivity index (χ1) is 10.1. The van der Waals surface area contributed by atoms with E-state index < -0.39 is 5.60 Å². The molecule has 1 rings (SSSR count). The Balaban J connectivity index is 2.49. The van der Waals surface area contributed by atoms with Crippen LogP contribution < -0.4 is 10.6 Å². The van der Waals surface area contributed by atoms with E-state index in [1.165, 1.54) is 25.7 Å². The Bertz CT molecular complexity index is 347. The lowest BCUT2D eigenvalue weighted by Gasteiger charge is -2.41. The van der Waals surface area contributed by atoms with E-state index in [1.54, 1.807) is 0 Å². The van der Waals surface area contributed by atoms with E-state index in [0.29, 0.717) is 24.0 Å². The maximum atomic E-state index is 11.8. The van der Waals surface area contributed by atoms with Gasteiger partial charge in [-0.3, -0.25) is 0 Å². The van der Waals surface area contributed by atoms with Crippen molar-refractivity contribution in [3.63, 3.8) is 0 Å². The number of hydrogen-bond donors (Lipinski definition) is 2. The third kappa shape index (κ3) is 6.99. The standard InChI is InChI=1S/C18H36N2O2/c1-7-10-14(13-19-16(21)22-17(2,3)4)20-15-11-8-9-12-18(15,5)6/h14-15,20H,7-13H2,1-6H3,(H,19,21). The van der Waals surface area contributed by atoms with Crippen molar-refractivity contribution < 1.29 is 9.53 Å². The summed E-state index contributed by atoms with van der Waals surface area (Å²) in [4.78, 5) is 11.8. The molecule has 1 aliphatic rings. The highest BCUT2D eigenvalue weighted by molar-refractivity contribution is 5.67. The SMILES string of the molecule is CCCC(CNC(=O)OC(C)(C)C)NC1CCCCC1(C)C. The van der Waals surface area contributed by atoms with E-state index in [9.17, 15) is 4.79 Å². The number of nitrogens with one attached hydrogen (secondary N) is 2. The van der Waals surface area contributed by atoms with Crippen molar-refractivity contribution in [2.24, 2.45) is 5.41 Å². The van der Waals surface area contributed by atoms with Gasteiger partial charge in [-0.1, -0.05) is 40.0 Å². The Morgan fingerprint density at radius 1 is 1.32 bits per heavy atom. The molecule has 1 amide bonds. The molecular weight excluding hydrogens is 276 g/mol. The van der Waals surface area contributed by atoms with Crippen LogP contribution in [-0.4, -0.2) is 30.3 Å². The number of hydrogen-bond acceptors (Lipinski definition) is 3. The molecule has 0 saturated heterocycles. The van der Waals surface area contributed by atoms with Gasteiger partial charge in [-0.05, 0) is 45.4 Å². The summed E-state index contributed by atoms with van der Waals surface area (Å²) in [6, 6.07) is 0.859. The second-order valence-corrected chi connectivity index (χ2v) is 8.32. The topological polar surface area (TPSA) is 50.4 Å². The lowest BCUT2D eigenvalue weighted by Crippen LogP contribution is -2.52. The largest absolute Gasteiger partial charge is 0.444 e. The average Bonchev–Trinajstić information content (AvgIpc) is 2.36. The summed E-state index contributed by atoms with van der Waals surface area (Å²) in [6.45, 7) is 13.2. The molecule has 0 aromatic heterocycles. The molecule has 1 saturated carbocycles. The van der Waals surface area contributed by atoms with Gasteiger partial charge in [0.1, 0.15) is 5.60 Å². The Morgan fingerprint density at radius 3 is 2.55 bits per heavy atom. The first-order valence-corrected chi connectivity index (χ1v) is 8.87. The average molecular weight is 312 g/mol. The van der Waals surface area contributed by atoms with Crippen molar-refractivity contribution >= 4 is 6.09 Å². The Morgan fingerprint density at radius 2 is 2.00 bits per heavy atom. The minimum atomic E-state index is -0.441. The van der Waals surface area contributed by atoms with Gasteiger partial charge in [0.05, 0.1) is 0 Å². The number of amides is 1. The monoisotopic (exact) mass is 312 g/mol. The zero-order chi connectivity index (χ0) is 16.8. The zero-order valence-corrected chi connectivity index (χ0v) is 15.4. The summed E-state index contributed by atoms with van der Waals surface area (Å²) >= 11 is 0. The van der Waals surface area contributed by atoms with Crippen molar-refractivity contribution in [3.8, 4) is 0 Å². The molecule has 2 unspecified atom stereocenters. The highest BCUT2D eigenvalue weighted by atomic mass is 16.6. The minimum Gasteiger partial charge on any atom is -0.444 e. The normalized spacial score (nSPS) is 22.9. The molecule has 0 aromatic carbocycles. The molecule has 2 atom stereocenters. The van der Waals surface area contributed by atoms with Gasteiger partial charge >= 0.3 is 6.09 Å². The molecule has 1 aliphatic carbocycles. The van der Waals surface area contributed by atoms with E-state index in [1.807, 2.05) is 20.8 Å². The predicted octanol–water partition coefficient (Wildman–Crippen LogP) is 4.24. The summed E-state index contributed by atoms with van der Waals surface area (Å²) in [6.07, 6.45) is 7.02. The molecular formula is C18H36N2O2. The highest BCUT2D eigenvalue weighted by Crippen LogP contribution is 2.35. The third-order valence-corrected chi connectivity index (χ3v) is 4.47. The molecule has 2 N–H and O–H groups in total. The molecule has 22 heavy (non-hydrogen) atoms. The fraction of sp³-hybridized carbons (Fsp3) is 0.944. The van der Waals surface area contributed by atoms with Gasteiger partial charge in [0, 0.05) is 18.6 Å². The van der Waals surface area contributed by atoms with E-state index in [4.69, 9.17) is 4.74 Å². The molecule has 1 fully saturated rings. The van der Waals surface area contributed by atoms with Crippen molar-refractivity contribution in [1.29, 1.82) is 0 Å². The number of carbonyl (C=O) groups is 1. The summed E-state index contributed by atoms with van der Waals surface area (Å²) in [5.41, 5.74) is -0.0979. The molecule has 0 spiro atoms. The van der Waals surface area contributed by atoms with Crippen molar-refractivity contribution in [2.45, 2.75) is 97.8 Å². The van der Waals surface area contributed by atoms with Crippen LogP contribution in [0, 0.1) is 5.41 Å². The van der Waals surface area contributed by atoms with Gasteiger partial charge in [-0.2, -0.15) is 0 Å². The lowest BCUT2D eigenvalue weighted by molar-refractivity contribution is 0.0517. The first kappa shape index (κ1) is 19.3. The first-order valence-electron chi connectivity index (χ1n) is 8.87. The van der Waals surface area contributed by atoms with Crippen LogP contribution in [0.25, 0.3) is 0 Å². The van der Waals surface area contributed by atoms with Crippen LogP contribution in [0.2, 0.25) is 0 Å². The number of alkyl carbamates (subject to hydrolysis) is 1. The van der Waals surface area contributed by atoms with Crippen LogP contribution in [0.4, 0.5) is 4.79 Å². The van der Waals surface area contributed by atoms with E-state index in [-0.39, 0.29) is 6.09 Å². The molecule has 0 aromatic rings. The summed E-state index contributed by atoms with van der Waals surface area (Å²) in [5, 5.41) is 6.71. The van der Waals surface area contributed by atoms with Crippen molar-refractivity contribution in [1.82, 2.24) is 10.6 Å². The Hall–Kier alpha value is -0.770. The van der Waals surface area contributed by atoms with Crippen molar-refractivity contribution in [2.75, 3.05) is 6.54 Å². The van der Waals surface area contributed by atoms with Crippen LogP contribution in [-0.2, 0) is 4.74 Å². The Kier molecular flexibility index (Phi) is 7.17. The Labute approximate surface area is 136 Å². The lowest BCUT2D eigenvalue weighted by atomic mass is 9.73. The minimum absolute atomic E-state index is 0.319. The van der Waals surface area contributed by atoms with E-state index >= 15 is 0 Å². The quantitative estimate of drug-likeness (QED) is 0.771. The van der Waals surface area contributed by atoms with Crippen molar-refractivity contribution in [3.05, 3.63) is 0 Å². The van der Waals surface area contributed by atoms with Gasteiger partial charge in [-0.25, -0.2) is 4.79 Å². The summed E-state index contributed by atoms with van der Waals surface area (Å²) in [5.74, 6) is 0. The maximum Gasteiger partial charge on any atom is 0.407 e. The van der Waals surface area contributed by atoms with E-state index in [0.717, 1.165) is 12.8 Å². The molecule has 130 valence electrons. The zero-order valence-electron chi connectivity index (χ0n) is 15.4. The van der Waals surface area contributed by atoms with Gasteiger partial charge in [-0.15, -0.1) is 0 Å². The maximum absolute atomic E-state index is 11.8. The van der Waals surface area contributed by atoms with Gasteiger partial charge in [0.2, 0.25) is 0 Å². The fourth-order valence-corrected chi connectivity index (χ4v) is 3.20. The fourth-order valence-electron chi connectivity index (χ4n) is 3.20. The predicted molar refractivity (Wildman–Crippen MR) is 92.1 cm³/mol. The van der Waals surface area contributed by atoms with Crippen LogP contribution in [0.15, 0.2) is 0 Å². The van der Waals surface area contributed by atoms with Gasteiger partial charge in [0.25, 0.3) is 0 Å². The molecule has 0 radical (unpaired) electrons. The molecule has 4 heteroatoms. The molecule has 0 bridgehead atoms. The van der Waals surface area contributed by atoms with Crippen LogP contribution in [0.1, 0.15) is 80.1 Å². The number of ether oxygens (including phenoxy) is 1. The van der Waals surface area contributed by atoms with Crippen LogP contribution in [0.3, 0.4) is 0 Å². The molecule has 4 nitrogen and oxygen atoms in total. The highest BCUT2D eigenvalue weighted by Gasteiger charge is 2.33. The second kappa shape index (κ2) is 8.19. The van der Waals surface area contributed by atoms with Crippen LogP contribution in [0.5, 0.6) is 0 Å². The van der Waals surface area contributed by atoms with Gasteiger partial charge < -0.3 is 15.4 Å². The third-order valence-electron chi connectivity index (χ3n) is 4.47. The number of carbonyl (C=O) groups excluding carboxylic acids is 1. The van der Waals surface area contributed by atoms with Gasteiger partial charge in [0.15, 0.2) is 0 Å². The summed E-state index contributed by atoms with van der Waals surface area (Å²) < 4.78 is 5.32. The smallest absolute Gasteiger partial charge is 0.407 e. The van der Waals surface area contributed by atoms with Crippen LogP contribution >= 0.6 is 0 Å². The van der Waals surface area contributed by atoms with E-state index in [2.05, 4.69) is 31.4 Å².